The number of thiophene rings is 1. The van der Waals surface area contributed by atoms with Crippen molar-refractivity contribution in [1.29, 1.82) is 0 Å². The van der Waals surface area contributed by atoms with E-state index in [9.17, 15) is 0 Å². The number of fused-ring (bicyclic) bond motifs is 5. The smallest absolute Gasteiger partial charge is 0.0547 e. The predicted octanol–water partition coefficient (Wildman–Crippen LogP) is 10.3. The van der Waals surface area contributed by atoms with Crippen molar-refractivity contribution in [3.8, 4) is 11.1 Å². The summed E-state index contributed by atoms with van der Waals surface area (Å²) in [6.45, 7) is 0. The van der Waals surface area contributed by atoms with Crippen LogP contribution in [0.3, 0.4) is 0 Å². The van der Waals surface area contributed by atoms with E-state index in [1.165, 1.54) is 47.8 Å². The van der Waals surface area contributed by atoms with Gasteiger partial charge in [-0.2, -0.15) is 0 Å². The van der Waals surface area contributed by atoms with Gasteiger partial charge in [-0.3, -0.25) is 0 Å². The molecule has 1 aromatic heterocycles. The van der Waals surface area contributed by atoms with Crippen LogP contribution in [0.15, 0.2) is 140 Å². The summed E-state index contributed by atoms with van der Waals surface area (Å²) in [5.41, 5.74) is 6.01. The third-order valence-corrected chi connectivity index (χ3v) is 8.04. The first kappa shape index (κ1) is 20.9. The monoisotopic (exact) mass is 477 g/mol. The molecule has 0 fully saturated rings. The highest BCUT2D eigenvalue weighted by molar-refractivity contribution is 7.26. The molecule has 0 saturated carbocycles. The SMILES string of the molecule is c1ccc(-c2ccc3c(c2)sc2c4ccccc4c(N(c4ccccc4)c4ccccc4)cc32)cc1. The molecule has 7 aromatic rings. The number of hydrogen-bond acceptors (Lipinski definition) is 2. The number of benzene rings is 6. The molecular weight excluding hydrogens is 454 g/mol. The summed E-state index contributed by atoms with van der Waals surface area (Å²) in [7, 11) is 0. The Morgan fingerprint density at radius 2 is 1.00 bits per heavy atom. The van der Waals surface area contributed by atoms with Crippen molar-refractivity contribution in [2.75, 3.05) is 4.90 Å². The lowest BCUT2D eigenvalue weighted by atomic mass is 10.0. The minimum absolute atomic E-state index is 1.15. The van der Waals surface area contributed by atoms with Crippen molar-refractivity contribution in [3.63, 3.8) is 0 Å². The van der Waals surface area contributed by atoms with Crippen molar-refractivity contribution in [1.82, 2.24) is 0 Å². The summed E-state index contributed by atoms with van der Waals surface area (Å²) in [4.78, 5) is 2.38. The van der Waals surface area contributed by atoms with Crippen LogP contribution < -0.4 is 4.90 Å². The van der Waals surface area contributed by atoms with E-state index in [0.717, 1.165) is 11.4 Å². The normalized spacial score (nSPS) is 11.3. The maximum absolute atomic E-state index is 2.39. The Balaban J connectivity index is 1.53. The molecule has 0 amide bonds. The predicted molar refractivity (Wildman–Crippen MR) is 157 cm³/mol. The molecule has 6 aromatic carbocycles. The fourth-order valence-electron chi connectivity index (χ4n) is 5.16. The Labute approximate surface area is 214 Å². The quantitative estimate of drug-likeness (QED) is 0.244. The van der Waals surface area contributed by atoms with Crippen LogP contribution in [-0.4, -0.2) is 0 Å². The number of para-hydroxylation sites is 2. The lowest BCUT2D eigenvalue weighted by molar-refractivity contribution is 1.30. The standard InChI is InChI=1S/C34H23NS/c1-4-12-24(13-5-1)25-20-21-29-31-23-32(28-18-10-11-19-30(28)34(31)36-33(29)22-25)35(26-14-6-2-7-15-26)27-16-8-3-9-17-27/h1-23H. The maximum Gasteiger partial charge on any atom is 0.0547 e. The molecule has 0 spiro atoms. The summed E-state index contributed by atoms with van der Waals surface area (Å²) in [5.74, 6) is 0. The van der Waals surface area contributed by atoms with Gasteiger partial charge in [0, 0.05) is 42.3 Å². The molecule has 2 heteroatoms. The van der Waals surface area contributed by atoms with Crippen LogP contribution >= 0.6 is 11.3 Å². The summed E-state index contributed by atoms with van der Waals surface area (Å²) in [5, 5.41) is 5.17. The van der Waals surface area contributed by atoms with Crippen LogP contribution in [0.1, 0.15) is 0 Å². The molecule has 0 N–H and O–H groups in total. The third-order valence-electron chi connectivity index (χ3n) is 6.83. The molecule has 36 heavy (non-hydrogen) atoms. The number of hydrogen-bond donors (Lipinski definition) is 0. The van der Waals surface area contributed by atoms with Gasteiger partial charge in [-0.05, 0) is 47.5 Å². The van der Waals surface area contributed by atoms with E-state index < -0.39 is 0 Å². The summed E-state index contributed by atoms with van der Waals surface area (Å²) in [6.07, 6.45) is 0. The van der Waals surface area contributed by atoms with Crippen LogP contribution in [0.25, 0.3) is 42.1 Å². The summed E-state index contributed by atoms with van der Waals surface area (Å²) in [6, 6.07) is 50.1. The largest absolute Gasteiger partial charge is 0.310 e. The highest BCUT2D eigenvalue weighted by atomic mass is 32.1. The van der Waals surface area contributed by atoms with Gasteiger partial charge in [0.25, 0.3) is 0 Å². The Bertz CT molecular complexity index is 1780. The highest BCUT2D eigenvalue weighted by Gasteiger charge is 2.19. The topological polar surface area (TPSA) is 3.24 Å². The first-order valence-corrected chi connectivity index (χ1v) is 13.0. The Kier molecular flexibility index (Phi) is 5.04. The van der Waals surface area contributed by atoms with Gasteiger partial charge in [0.2, 0.25) is 0 Å². The Morgan fingerprint density at radius 1 is 0.417 bits per heavy atom. The van der Waals surface area contributed by atoms with Crippen LogP contribution in [0, 0.1) is 0 Å². The molecule has 0 unspecified atom stereocenters. The molecule has 0 aliphatic carbocycles. The lowest BCUT2D eigenvalue weighted by Crippen LogP contribution is -2.10. The second kappa shape index (κ2) is 8.67. The van der Waals surface area contributed by atoms with Gasteiger partial charge in [0.1, 0.15) is 0 Å². The Morgan fingerprint density at radius 3 is 1.67 bits per heavy atom. The zero-order valence-electron chi connectivity index (χ0n) is 19.6. The average Bonchev–Trinajstić information content (AvgIpc) is 3.33. The van der Waals surface area contributed by atoms with E-state index in [2.05, 4.69) is 144 Å². The van der Waals surface area contributed by atoms with Crippen LogP contribution in [-0.2, 0) is 0 Å². The van der Waals surface area contributed by atoms with Gasteiger partial charge in [-0.1, -0.05) is 103 Å². The second-order valence-corrected chi connectivity index (χ2v) is 10.1. The molecule has 0 saturated heterocycles. The fraction of sp³-hybridized carbons (Fsp3) is 0. The molecule has 1 nitrogen and oxygen atoms in total. The second-order valence-electron chi connectivity index (χ2n) is 9.00. The van der Waals surface area contributed by atoms with E-state index in [0.29, 0.717) is 0 Å². The van der Waals surface area contributed by atoms with Crippen molar-refractivity contribution < 1.29 is 0 Å². The van der Waals surface area contributed by atoms with Crippen LogP contribution in [0.2, 0.25) is 0 Å². The zero-order valence-corrected chi connectivity index (χ0v) is 20.5. The van der Waals surface area contributed by atoms with Crippen molar-refractivity contribution in [3.05, 3.63) is 140 Å². The maximum atomic E-state index is 2.39. The van der Waals surface area contributed by atoms with Gasteiger partial charge in [-0.25, -0.2) is 0 Å². The van der Waals surface area contributed by atoms with Gasteiger partial charge >= 0.3 is 0 Å². The number of anilines is 3. The molecule has 0 radical (unpaired) electrons. The minimum atomic E-state index is 1.15. The van der Waals surface area contributed by atoms with Crippen LogP contribution in [0.5, 0.6) is 0 Å². The van der Waals surface area contributed by atoms with Gasteiger partial charge in [-0.15, -0.1) is 11.3 Å². The van der Waals surface area contributed by atoms with E-state index in [1.54, 1.807) is 0 Å². The summed E-state index contributed by atoms with van der Waals surface area (Å²) >= 11 is 1.89. The van der Waals surface area contributed by atoms with E-state index in [4.69, 9.17) is 0 Å². The average molecular weight is 478 g/mol. The molecule has 0 aliphatic rings. The lowest BCUT2D eigenvalue weighted by Gasteiger charge is -2.27. The van der Waals surface area contributed by atoms with E-state index >= 15 is 0 Å². The molecule has 0 aliphatic heterocycles. The third kappa shape index (κ3) is 3.46. The first-order chi connectivity index (χ1) is 17.9. The molecule has 7 rings (SSSR count). The van der Waals surface area contributed by atoms with Crippen molar-refractivity contribution in [2.24, 2.45) is 0 Å². The molecule has 170 valence electrons. The zero-order chi connectivity index (χ0) is 23.9. The van der Waals surface area contributed by atoms with Gasteiger partial charge in [0.15, 0.2) is 0 Å². The van der Waals surface area contributed by atoms with Crippen LogP contribution in [0.4, 0.5) is 17.1 Å². The molecule has 1 heterocycles. The van der Waals surface area contributed by atoms with Gasteiger partial charge in [0.05, 0.1) is 5.69 Å². The fourth-order valence-corrected chi connectivity index (χ4v) is 6.42. The first-order valence-electron chi connectivity index (χ1n) is 12.2. The van der Waals surface area contributed by atoms with Gasteiger partial charge < -0.3 is 4.90 Å². The molecule has 0 bridgehead atoms. The minimum Gasteiger partial charge on any atom is -0.310 e. The van der Waals surface area contributed by atoms with E-state index in [-0.39, 0.29) is 0 Å². The molecular formula is C34H23NS. The van der Waals surface area contributed by atoms with Crippen molar-refractivity contribution in [2.45, 2.75) is 0 Å². The highest BCUT2D eigenvalue weighted by Crippen LogP contribution is 2.46. The van der Waals surface area contributed by atoms with E-state index in [1.807, 2.05) is 11.3 Å². The molecule has 0 atom stereocenters. The number of nitrogens with zero attached hydrogens (tertiary/aromatic N) is 1. The Hall–Kier alpha value is -4.40. The number of rotatable bonds is 4. The summed E-state index contributed by atoms with van der Waals surface area (Å²) < 4.78 is 2.66. The van der Waals surface area contributed by atoms with Crippen molar-refractivity contribution >= 4 is 59.3 Å².